The number of nitrogens with zero attached hydrogens (tertiary/aromatic N) is 1. The molecule has 22 heavy (non-hydrogen) atoms. The van der Waals surface area contributed by atoms with E-state index in [-0.39, 0.29) is 17.9 Å². The summed E-state index contributed by atoms with van der Waals surface area (Å²) in [5.74, 6) is -0.108. The third kappa shape index (κ3) is 5.79. The van der Waals surface area contributed by atoms with Crippen LogP contribution in [-0.4, -0.2) is 28.8 Å². The van der Waals surface area contributed by atoms with Gasteiger partial charge in [0.25, 0.3) is 0 Å². The van der Waals surface area contributed by atoms with Crippen LogP contribution in [0.15, 0.2) is 28.7 Å². The molecule has 0 unspecified atom stereocenters. The van der Waals surface area contributed by atoms with Gasteiger partial charge in [0.1, 0.15) is 6.04 Å². The van der Waals surface area contributed by atoms with Crippen molar-refractivity contribution in [3.8, 4) is 0 Å². The van der Waals surface area contributed by atoms with Crippen molar-refractivity contribution in [1.29, 1.82) is 0 Å². The van der Waals surface area contributed by atoms with Gasteiger partial charge in [-0.3, -0.25) is 9.59 Å². The Morgan fingerprint density at radius 3 is 2.50 bits per heavy atom. The van der Waals surface area contributed by atoms with E-state index in [1.54, 1.807) is 11.8 Å². The third-order valence-electron chi connectivity index (χ3n) is 3.30. The minimum Gasteiger partial charge on any atom is -0.352 e. The molecule has 0 aliphatic rings. The van der Waals surface area contributed by atoms with Crippen molar-refractivity contribution >= 4 is 27.7 Å². The first-order chi connectivity index (χ1) is 10.3. The summed E-state index contributed by atoms with van der Waals surface area (Å²) in [6.45, 7) is 8.01. The van der Waals surface area contributed by atoms with Crippen molar-refractivity contribution < 1.29 is 9.59 Å². The Morgan fingerprint density at radius 1 is 1.27 bits per heavy atom. The maximum atomic E-state index is 12.4. The molecule has 1 atom stereocenters. The molecule has 1 rings (SSSR count). The van der Waals surface area contributed by atoms with E-state index >= 15 is 0 Å². The fourth-order valence-electron chi connectivity index (χ4n) is 2.18. The Kier molecular flexibility index (Phi) is 7.59. The Hall–Kier alpha value is -1.36. The largest absolute Gasteiger partial charge is 0.352 e. The summed E-state index contributed by atoms with van der Waals surface area (Å²) in [7, 11) is 0. The van der Waals surface area contributed by atoms with Crippen molar-refractivity contribution in [3.63, 3.8) is 0 Å². The molecule has 122 valence electrons. The molecular weight excluding hydrogens is 344 g/mol. The number of hydrogen-bond donors (Lipinski definition) is 1. The summed E-state index contributed by atoms with van der Waals surface area (Å²) < 4.78 is 0.965. The topological polar surface area (TPSA) is 49.4 Å². The van der Waals surface area contributed by atoms with Crippen LogP contribution in [-0.2, 0) is 16.1 Å². The number of hydrogen-bond acceptors (Lipinski definition) is 2. The highest BCUT2D eigenvalue weighted by atomic mass is 79.9. The molecule has 1 aromatic carbocycles. The van der Waals surface area contributed by atoms with E-state index in [4.69, 9.17) is 0 Å². The lowest BCUT2D eigenvalue weighted by atomic mass is 10.1. The quantitative estimate of drug-likeness (QED) is 0.800. The predicted octanol–water partition coefficient (Wildman–Crippen LogP) is 3.49. The summed E-state index contributed by atoms with van der Waals surface area (Å²) in [5.41, 5.74) is 1.00. The van der Waals surface area contributed by atoms with Gasteiger partial charge < -0.3 is 10.2 Å². The zero-order valence-corrected chi connectivity index (χ0v) is 15.3. The van der Waals surface area contributed by atoms with Crippen molar-refractivity contribution in [2.45, 2.75) is 59.2 Å². The minimum absolute atomic E-state index is 0.00822. The zero-order valence-electron chi connectivity index (χ0n) is 13.7. The molecule has 0 aliphatic carbocycles. The molecule has 0 aromatic heterocycles. The van der Waals surface area contributed by atoms with E-state index < -0.39 is 6.04 Å². The second-order valence-corrected chi connectivity index (χ2v) is 6.66. The fourth-order valence-corrected chi connectivity index (χ4v) is 2.62. The number of amides is 2. The SMILES string of the molecule is CCCC(=O)N(Cc1cccc(Br)c1)[C@H](C)C(=O)NC(C)C. The number of carbonyl (C=O) groups excluding carboxylic acids is 2. The number of carbonyl (C=O) groups is 2. The minimum atomic E-state index is -0.486. The highest BCUT2D eigenvalue weighted by molar-refractivity contribution is 9.10. The van der Waals surface area contributed by atoms with E-state index in [2.05, 4.69) is 21.2 Å². The Labute approximate surface area is 141 Å². The molecule has 4 nitrogen and oxygen atoms in total. The van der Waals surface area contributed by atoms with Gasteiger partial charge in [-0.25, -0.2) is 0 Å². The van der Waals surface area contributed by atoms with Crippen LogP contribution in [0.4, 0.5) is 0 Å². The summed E-state index contributed by atoms with van der Waals surface area (Å²) in [5, 5.41) is 2.88. The van der Waals surface area contributed by atoms with Crippen LogP contribution in [0.3, 0.4) is 0 Å². The molecule has 0 spiro atoms. The molecule has 0 aliphatic heterocycles. The lowest BCUT2D eigenvalue weighted by Crippen LogP contribution is -2.49. The van der Waals surface area contributed by atoms with E-state index in [1.807, 2.05) is 45.0 Å². The Morgan fingerprint density at radius 2 is 1.95 bits per heavy atom. The van der Waals surface area contributed by atoms with Crippen LogP contribution in [0.1, 0.15) is 46.1 Å². The normalized spacial score (nSPS) is 12.1. The molecule has 0 heterocycles. The second-order valence-electron chi connectivity index (χ2n) is 5.74. The number of halogens is 1. The lowest BCUT2D eigenvalue weighted by Gasteiger charge is -2.29. The van der Waals surface area contributed by atoms with Gasteiger partial charge in [0.05, 0.1) is 0 Å². The van der Waals surface area contributed by atoms with Crippen LogP contribution in [0.2, 0.25) is 0 Å². The summed E-state index contributed by atoms with van der Waals surface area (Å²) >= 11 is 3.44. The highest BCUT2D eigenvalue weighted by Gasteiger charge is 2.25. The molecule has 2 amide bonds. The summed E-state index contributed by atoms with van der Waals surface area (Å²) in [6.07, 6.45) is 1.22. The van der Waals surface area contributed by atoms with Gasteiger partial charge in [0.2, 0.25) is 11.8 Å². The molecule has 0 saturated heterocycles. The highest BCUT2D eigenvalue weighted by Crippen LogP contribution is 2.16. The Bertz CT molecular complexity index is 517. The first kappa shape index (κ1) is 18.7. The molecule has 0 bridgehead atoms. The number of rotatable bonds is 7. The van der Waals surface area contributed by atoms with E-state index in [9.17, 15) is 9.59 Å². The fraction of sp³-hybridized carbons (Fsp3) is 0.529. The van der Waals surface area contributed by atoms with E-state index in [0.717, 1.165) is 16.5 Å². The van der Waals surface area contributed by atoms with Gasteiger partial charge >= 0.3 is 0 Å². The number of nitrogens with one attached hydrogen (secondary N) is 1. The van der Waals surface area contributed by atoms with Crippen LogP contribution in [0, 0.1) is 0 Å². The van der Waals surface area contributed by atoms with E-state index in [1.165, 1.54) is 0 Å². The molecular formula is C17H25BrN2O2. The molecule has 1 N–H and O–H groups in total. The van der Waals surface area contributed by atoms with Crippen LogP contribution < -0.4 is 5.32 Å². The van der Waals surface area contributed by atoms with Gasteiger partial charge in [-0.1, -0.05) is 35.0 Å². The molecule has 0 fully saturated rings. The predicted molar refractivity (Wildman–Crippen MR) is 92.3 cm³/mol. The molecule has 0 saturated carbocycles. The average molecular weight is 369 g/mol. The smallest absolute Gasteiger partial charge is 0.242 e. The number of benzene rings is 1. The van der Waals surface area contributed by atoms with Crippen LogP contribution in [0.25, 0.3) is 0 Å². The zero-order chi connectivity index (χ0) is 16.7. The van der Waals surface area contributed by atoms with Gasteiger partial charge in [0.15, 0.2) is 0 Å². The first-order valence-electron chi connectivity index (χ1n) is 7.69. The second kappa shape index (κ2) is 8.93. The van der Waals surface area contributed by atoms with Gasteiger partial charge in [0, 0.05) is 23.5 Å². The van der Waals surface area contributed by atoms with Crippen molar-refractivity contribution in [3.05, 3.63) is 34.3 Å². The summed E-state index contributed by atoms with van der Waals surface area (Å²) in [6, 6.07) is 7.38. The van der Waals surface area contributed by atoms with Crippen molar-refractivity contribution in [1.82, 2.24) is 10.2 Å². The lowest BCUT2D eigenvalue weighted by molar-refractivity contribution is -0.140. The summed E-state index contributed by atoms with van der Waals surface area (Å²) in [4.78, 5) is 26.3. The molecule has 0 radical (unpaired) electrons. The maximum absolute atomic E-state index is 12.4. The molecule has 5 heteroatoms. The van der Waals surface area contributed by atoms with Gasteiger partial charge in [-0.2, -0.15) is 0 Å². The average Bonchev–Trinajstić information content (AvgIpc) is 2.43. The monoisotopic (exact) mass is 368 g/mol. The van der Waals surface area contributed by atoms with Gasteiger partial charge in [-0.15, -0.1) is 0 Å². The Balaban J connectivity index is 2.92. The standard InChI is InChI=1S/C17H25BrN2O2/c1-5-7-16(21)20(13(4)17(22)19-12(2)3)11-14-8-6-9-15(18)10-14/h6,8-10,12-13H,5,7,11H2,1-4H3,(H,19,22)/t13-/m1/s1. The molecule has 1 aromatic rings. The first-order valence-corrected chi connectivity index (χ1v) is 8.48. The van der Waals surface area contributed by atoms with Crippen molar-refractivity contribution in [2.24, 2.45) is 0 Å². The van der Waals surface area contributed by atoms with Crippen molar-refractivity contribution in [2.75, 3.05) is 0 Å². The van der Waals surface area contributed by atoms with Crippen LogP contribution in [0.5, 0.6) is 0 Å². The van der Waals surface area contributed by atoms with Gasteiger partial charge in [-0.05, 0) is 44.9 Å². The van der Waals surface area contributed by atoms with Crippen LogP contribution >= 0.6 is 15.9 Å². The maximum Gasteiger partial charge on any atom is 0.242 e. The third-order valence-corrected chi connectivity index (χ3v) is 3.80. The van der Waals surface area contributed by atoms with E-state index in [0.29, 0.717) is 13.0 Å².